The SMILES string of the molecule is CC(C)(C)OC(=O)N1C[C@@H](Oc2ccccc2[N+](=O)[O-])C[C@H]1C(=O)O. The number of carbonyl (C=O) groups is 2. The van der Waals surface area contributed by atoms with Gasteiger partial charge in [-0.15, -0.1) is 0 Å². The predicted octanol–water partition coefficient (Wildman–Crippen LogP) is 2.44. The minimum absolute atomic E-state index is 0.0145. The van der Waals surface area contributed by atoms with Gasteiger partial charge in [0.2, 0.25) is 0 Å². The molecular weight excluding hydrogens is 332 g/mol. The molecule has 1 aliphatic rings. The molecule has 0 aromatic heterocycles. The highest BCUT2D eigenvalue weighted by Gasteiger charge is 2.43. The van der Waals surface area contributed by atoms with Crippen molar-refractivity contribution in [3.63, 3.8) is 0 Å². The lowest BCUT2D eigenvalue weighted by Gasteiger charge is -2.26. The molecule has 0 radical (unpaired) electrons. The van der Waals surface area contributed by atoms with Crippen LogP contribution in [0, 0.1) is 10.1 Å². The number of hydrogen-bond acceptors (Lipinski definition) is 6. The van der Waals surface area contributed by atoms with E-state index in [1.807, 2.05) is 0 Å². The third-order valence-corrected chi connectivity index (χ3v) is 3.53. The number of carboxylic acid groups (broad SMARTS) is 1. The number of para-hydroxylation sites is 2. The Morgan fingerprint density at radius 3 is 2.52 bits per heavy atom. The molecule has 2 rings (SSSR count). The number of amides is 1. The highest BCUT2D eigenvalue weighted by atomic mass is 16.6. The Kier molecular flexibility index (Phi) is 5.15. The van der Waals surface area contributed by atoms with E-state index >= 15 is 0 Å². The predicted molar refractivity (Wildman–Crippen MR) is 86.5 cm³/mol. The van der Waals surface area contributed by atoms with Crippen LogP contribution in [0.4, 0.5) is 10.5 Å². The van der Waals surface area contributed by atoms with E-state index in [0.717, 1.165) is 4.90 Å². The summed E-state index contributed by atoms with van der Waals surface area (Å²) in [7, 11) is 0. The highest BCUT2D eigenvalue weighted by molar-refractivity contribution is 5.81. The van der Waals surface area contributed by atoms with Gasteiger partial charge in [0.05, 0.1) is 11.5 Å². The molecule has 1 fully saturated rings. The maximum absolute atomic E-state index is 12.2. The normalized spacial score (nSPS) is 20.2. The summed E-state index contributed by atoms with van der Waals surface area (Å²) in [5, 5.41) is 20.4. The van der Waals surface area contributed by atoms with Gasteiger partial charge in [0.1, 0.15) is 17.7 Å². The largest absolute Gasteiger partial charge is 0.482 e. The second kappa shape index (κ2) is 6.96. The lowest BCUT2D eigenvalue weighted by Crippen LogP contribution is -2.43. The fourth-order valence-electron chi connectivity index (χ4n) is 2.53. The molecule has 9 heteroatoms. The molecule has 0 aliphatic carbocycles. The van der Waals surface area contributed by atoms with Gasteiger partial charge in [-0.1, -0.05) is 12.1 Å². The molecule has 1 N–H and O–H groups in total. The quantitative estimate of drug-likeness (QED) is 0.653. The smallest absolute Gasteiger partial charge is 0.411 e. The molecule has 9 nitrogen and oxygen atoms in total. The van der Waals surface area contributed by atoms with E-state index in [1.165, 1.54) is 18.2 Å². The number of rotatable bonds is 4. The van der Waals surface area contributed by atoms with Crippen LogP contribution in [0.2, 0.25) is 0 Å². The minimum atomic E-state index is -1.18. The molecule has 0 saturated carbocycles. The van der Waals surface area contributed by atoms with Gasteiger partial charge < -0.3 is 14.6 Å². The van der Waals surface area contributed by atoms with Crippen LogP contribution in [-0.4, -0.2) is 51.3 Å². The number of benzene rings is 1. The Morgan fingerprint density at radius 2 is 1.96 bits per heavy atom. The topological polar surface area (TPSA) is 119 Å². The summed E-state index contributed by atoms with van der Waals surface area (Å²) in [6.07, 6.45) is -1.43. The first-order valence-electron chi connectivity index (χ1n) is 7.71. The summed E-state index contributed by atoms with van der Waals surface area (Å²) in [5.74, 6) is -1.15. The van der Waals surface area contributed by atoms with Crippen LogP contribution in [-0.2, 0) is 9.53 Å². The van der Waals surface area contributed by atoms with Gasteiger partial charge in [-0.05, 0) is 26.8 Å². The van der Waals surface area contributed by atoms with Gasteiger partial charge in [0.15, 0.2) is 5.75 Å². The van der Waals surface area contributed by atoms with E-state index in [-0.39, 0.29) is 24.4 Å². The second-order valence-corrected chi connectivity index (χ2v) is 6.69. The molecule has 1 amide bonds. The summed E-state index contributed by atoms with van der Waals surface area (Å²) >= 11 is 0. The third-order valence-electron chi connectivity index (χ3n) is 3.53. The van der Waals surface area contributed by atoms with Gasteiger partial charge in [-0.3, -0.25) is 15.0 Å². The van der Waals surface area contributed by atoms with Crippen molar-refractivity contribution < 1.29 is 29.1 Å². The Morgan fingerprint density at radius 1 is 1.32 bits per heavy atom. The van der Waals surface area contributed by atoms with Crippen LogP contribution in [0.1, 0.15) is 27.2 Å². The molecule has 1 aromatic carbocycles. The second-order valence-electron chi connectivity index (χ2n) is 6.69. The number of nitrogens with zero attached hydrogens (tertiary/aromatic N) is 2. The number of hydrogen-bond donors (Lipinski definition) is 1. The molecule has 0 bridgehead atoms. The summed E-state index contributed by atoms with van der Waals surface area (Å²) in [6, 6.07) is 4.71. The molecule has 2 atom stereocenters. The lowest BCUT2D eigenvalue weighted by molar-refractivity contribution is -0.386. The Hall–Kier alpha value is -2.84. The van der Waals surface area contributed by atoms with Crippen molar-refractivity contribution in [2.24, 2.45) is 0 Å². The van der Waals surface area contributed by atoms with Crippen molar-refractivity contribution in [3.05, 3.63) is 34.4 Å². The van der Waals surface area contributed by atoms with Gasteiger partial charge in [0, 0.05) is 12.5 Å². The maximum Gasteiger partial charge on any atom is 0.411 e. The Balaban J connectivity index is 2.16. The van der Waals surface area contributed by atoms with Crippen LogP contribution in [0.25, 0.3) is 0 Å². The average molecular weight is 352 g/mol. The van der Waals surface area contributed by atoms with Gasteiger partial charge in [-0.2, -0.15) is 0 Å². The Bertz CT molecular complexity index is 683. The van der Waals surface area contributed by atoms with Crippen molar-refractivity contribution in [1.82, 2.24) is 4.90 Å². The van der Waals surface area contributed by atoms with E-state index in [2.05, 4.69) is 0 Å². The van der Waals surface area contributed by atoms with Crippen LogP contribution in [0.15, 0.2) is 24.3 Å². The zero-order valence-electron chi connectivity index (χ0n) is 14.2. The Labute approximate surface area is 144 Å². The first kappa shape index (κ1) is 18.5. The molecule has 0 spiro atoms. The molecule has 25 heavy (non-hydrogen) atoms. The lowest BCUT2D eigenvalue weighted by atomic mass is 10.2. The molecule has 1 aromatic rings. The molecule has 1 saturated heterocycles. The summed E-state index contributed by atoms with van der Waals surface area (Å²) < 4.78 is 10.8. The van der Waals surface area contributed by atoms with E-state index in [4.69, 9.17) is 9.47 Å². The first-order chi connectivity index (χ1) is 11.6. The fraction of sp³-hybridized carbons (Fsp3) is 0.500. The minimum Gasteiger partial charge on any atom is -0.482 e. The third kappa shape index (κ3) is 4.59. The average Bonchev–Trinajstić information content (AvgIpc) is 2.90. The van der Waals surface area contributed by atoms with E-state index < -0.39 is 34.7 Å². The van der Waals surface area contributed by atoms with Crippen LogP contribution >= 0.6 is 0 Å². The van der Waals surface area contributed by atoms with Crippen LogP contribution in [0.3, 0.4) is 0 Å². The van der Waals surface area contributed by atoms with Crippen molar-refractivity contribution in [3.8, 4) is 5.75 Å². The number of nitro benzene ring substituents is 1. The van der Waals surface area contributed by atoms with Crippen molar-refractivity contribution in [2.75, 3.05) is 6.54 Å². The maximum atomic E-state index is 12.2. The van der Waals surface area contributed by atoms with Crippen molar-refractivity contribution in [1.29, 1.82) is 0 Å². The number of aliphatic carboxylic acids is 1. The zero-order chi connectivity index (χ0) is 18.8. The first-order valence-corrected chi connectivity index (χ1v) is 7.71. The summed E-state index contributed by atoms with van der Waals surface area (Å²) in [4.78, 5) is 35.2. The standard InChI is InChI=1S/C16H20N2O7/c1-16(2,3)25-15(21)17-9-10(8-12(17)14(19)20)24-13-7-5-4-6-11(13)18(22)23/h4-7,10,12H,8-9H2,1-3H3,(H,19,20)/t10-,12-/m0/s1. The van der Waals surface area contributed by atoms with Gasteiger partial charge >= 0.3 is 17.7 Å². The molecule has 0 unspecified atom stereocenters. The van der Waals surface area contributed by atoms with Gasteiger partial charge in [0.25, 0.3) is 0 Å². The number of nitro groups is 1. The number of likely N-dealkylation sites (tertiary alicyclic amines) is 1. The molecular formula is C16H20N2O7. The molecule has 1 aliphatic heterocycles. The van der Waals surface area contributed by atoms with Crippen LogP contribution in [0.5, 0.6) is 5.75 Å². The highest BCUT2D eigenvalue weighted by Crippen LogP contribution is 2.30. The number of carboxylic acids is 1. The van der Waals surface area contributed by atoms with Crippen molar-refractivity contribution >= 4 is 17.7 Å². The summed E-state index contributed by atoms with van der Waals surface area (Å²) in [6.45, 7) is 5.01. The fourth-order valence-corrected chi connectivity index (χ4v) is 2.53. The molecule has 136 valence electrons. The zero-order valence-corrected chi connectivity index (χ0v) is 14.2. The van der Waals surface area contributed by atoms with E-state index in [9.17, 15) is 24.8 Å². The van der Waals surface area contributed by atoms with Gasteiger partial charge in [-0.25, -0.2) is 9.59 Å². The van der Waals surface area contributed by atoms with Crippen LogP contribution < -0.4 is 4.74 Å². The molecule has 1 heterocycles. The summed E-state index contributed by atoms with van der Waals surface area (Å²) in [5.41, 5.74) is -0.984. The van der Waals surface area contributed by atoms with E-state index in [0.29, 0.717) is 0 Å². The number of ether oxygens (including phenoxy) is 2. The monoisotopic (exact) mass is 352 g/mol. The van der Waals surface area contributed by atoms with E-state index in [1.54, 1.807) is 26.8 Å². The van der Waals surface area contributed by atoms with Crippen molar-refractivity contribution in [2.45, 2.75) is 44.9 Å². The number of carbonyl (C=O) groups excluding carboxylic acids is 1.